The van der Waals surface area contributed by atoms with Crippen LogP contribution in [-0.2, 0) is 9.53 Å². The maximum absolute atomic E-state index is 12.0. The standard InChI is InChI=1S/C12H22O2/c1-12(2,3)11(13)9-6-5-7-10(8-9)14-4/h9-10H,5-8H2,1-4H3/t9-,10-/m1/s1. The van der Waals surface area contributed by atoms with E-state index in [-0.39, 0.29) is 11.3 Å². The van der Waals surface area contributed by atoms with Gasteiger partial charge in [-0.1, -0.05) is 27.2 Å². The number of ether oxygens (including phenoxy) is 1. The normalized spacial score (nSPS) is 28.9. The van der Waals surface area contributed by atoms with Crippen LogP contribution in [0.3, 0.4) is 0 Å². The van der Waals surface area contributed by atoms with Gasteiger partial charge in [0.1, 0.15) is 5.78 Å². The summed E-state index contributed by atoms with van der Waals surface area (Å²) >= 11 is 0. The van der Waals surface area contributed by atoms with Gasteiger partial charge in [-0.05, 0) is 19.3 Å². The zero-order valence-electron chi connectivity index (χ0n) is 9.80. The summed E-state index contributed by atoms with van der Waals surface area (Å²) in [6.07, 6.45) is 4.53. The molecule has 2 heteroatoms. The number of hydrogen-bond donors (Lipinski definition) is 0. The molecule has 0 N–H and O–H groups in total. The molecule has 0 aliphatic heterocycles. The molecule has 14 heavy (non-hydrogen) atoms. The number of hydrogen-bond acceptors (Lipinski definition) is 2. The summed E-state index contributed by atoms with van der Waals surface area (Å²) in [5.74, 6) is 0.632. The van der Waals surface area contributed by atoms with Gasteiger partial charge in [0.2, 0.25) is 0 Å². The Balaban J connectivity index is 2.56. The van der Waals surface area contributed by atoms with Gasteiger partial charge >= 0.3 is 0 Å². The highest BCUT2D eigenvalue weighted by Gasteiger charge is 2.33. The first-order chi connectivity index (χ1) is 6.45. The Morgan fingerprint density at radius 3 is 2.43 bits per heavy atom. The monoisotopic (exact) mass is 198 g/mol. The van der Waals surface area contributed by atoms with Gasteiger partial charge in [-0.25, -0.2) is 0 Å². The molecule has 0 radical (unpaired) electrons. The van der Waals surface area contributed by atoms with Gasteiger partial charge < -0.3 is 4.74 Å². The van der Waals surface area contributed by atoms with Crippen molar-refractivity contribution < 1.29 is 9.53 Å². The Kier molecular flexibility index (Phi) is 3.71. The molecule has 1 rings (SSSR count). The van der Waals surface area contributed by atoms with E-state index in [2.05, 4.69) is 0 Å². The summed E-state index contributed by atoms with van der Waals surface area (Å²) in [5, 5.41) is 0. The van der Waals surface area contributed by atoms with Crippen molar-refractivity contribution in [1.29, 1.82) is 0 Å². The second-order valence-corrected chi connectivity index (χ2v) is 5.34. The lowest BCUT2D eigenvalue weighted by Crippen LogP contribution is -2.34. The van der Waals surface area contributed by atoms with E-state index in [0.717, 1.165) is 25.7 Å². The number of rotatable bonds is 2. The van der Waals surface area contributed by atoms with E-state index in [0.29, 0.717) is 11.9 Å². The molecule has 0 unspecified atom stereocenters. The SMILES string of the molecule is CO[C@@H]1CCC[C@@H](C(=O)C(C)(C)C)C1. The molecule has 0 heterocycles. The fraction of sp³-hybridized carbons (Fsp3) is 0.917. The number of methoxy groups -OCH3 is 1. The van der Waals surface area contributed by atoms with Crippen molar-refractivity contribution in [1.82, 2.24) is 0 Å². The molecule has 0 aromatic carbocycles. The van der Waals surface area contributed by atoms with Gasteiger partial charge in [-0.3, -0.25) is 4.79 Å². The average Bonchev–Trinajstić information content (AvgIpc) is 2.15. The molecule has 0 amide bonds. The van der Waals surface area contributed by atoms with Crippen LogP contribution in [0.25, 0.3) is 0 Å². The Bertz CT molecular complexity index is 203. The summed E-state index contributed by atoms with van der Waals surface area (Å²) in [6, 6.07) is 0. The summed E-state index contributed by atoms with van der Waals surface area (Å²) in [7, 11) is 1.74. The maximum Gasteiger partial charge on any atom is 0.141 e. The third-order valence-corrected chi connectivity index (χ3v) is 3.07. The van der Waals surface area contributed by atoms with Gasteiger partial charge in [-0.15, -0.1) is 0 Å². The molecular weight excluding hydrogens is 176 g/mol. The second kappa shape index (κ2) is 4.43. The number of carbonyl (C=O) groups is 1. The third kappa shape index (κ3) is 2.81. The first-order valence-electron chi connectivity index (χ1n) is 5.52. The predicted molar refractivity (Wildman–Crippen MR) is 57.2 cm³/mol. The molecule has 2 atom stereocenters. The van der Waals surface area contributed by atoms with Gasteiger partial charge in [0, 0.05) is 18.4 Å². The molecule has 0 saturated heterocycles. The highest BCUT2D eigenvalue weighted by atomic mass is 16.5. The molecule has 1 aliphatic carbocycles. The molecular formula is C12H22O2. The predicted octanol–water partition coefficient (Wildman–Crippen LogP) is 2.81. The van der Waals surface area contributed by atoms with Crippen LogP contribution in [0, 0.1) is 11.3 Å². The smallest absolute Gasteiger partial charge is 0.141 e. The molecule has 0 aromatic rings. The zero-order chi connectivity index (χ0) is 10.8. The van der Waals surface area contributed by atoms with Crippen LogP contribution < -0.4 is 0 Å². The Morgan fingerprint density at radius 2 is 1.93 bits per heavy atom. The van der Waals surface area contributed by atoms with Crippen molar-refractivity contribution in [2.75, 3.05) is 7.11 Å². The molecule has 2 nitrogen and oxygen atoms in total. The maximum atomic E-state index is 12.0. The van der Waals surface area contributed by atoms with Crippen molar-refractivity contribution in [3.05, 3.63) is 0 Å². The van der Waals surface area contributed by atoms with E-state index in [1.54, 1.807) is 7.11 Å². The Labute approximate surface area is 87.0 Å². The van der Waals surface area contributed by atoms with Crippen molar-refractivity contribution in [2.24, 2.45) is 11.3 Å². The van der Waals surface area contributed by atoms with Crippen LogP contribution >= 0.6 is 0 Å². The Hall–Kier alpha value is -0.370. The first kappa shape index (κ1) is 11.7. The van der Waals surface area contributed by atoms with E-state index in [4.69, 9.17) is 4.74 Å². The zero-order valence-corrected chi connectivity index (χ0v) is 9.80. The van der Waals surface area contributed by atoms with Crippen LogP contribution in [0.4, 0.5) is 0 Å². The van der Waals surface area contributed by atoms with Crippen molar-refractivity contribution in [3.8, 4) is 0 Å². The lowest BCUT2D eigenvalue weighted by Gasteiger charge is -2.31. The van der Waals surface area contributed by atoms with Gasteiger partial charge in [0.25, 0.3) is 0 Å². The minimum atomic E-state index is -0.194. The summed E-state index contributed by atoms with van der Waals surface area (Å²) in [6.45, 7) is 6.02. The molecule has 1 aliphatic rings. The number of Topliss-reactive ketones (excluding diaryl/α,β-unsaturated/α-hetero) is 1. The highest BCUT2D eigenvalue weighted by molar-refractivity contribution is 5.86. The number of carbonyl (C=O) groups excluding carboxylic acids is 1. The van der Waals surface area contributed by atoms with Crippen molar-refractivity contribution in [3.63, 3.8) is 0 Å². The topological polar surface area (TPSA) is 26.3 Å². The number of ketones is 1. The molecule has 1 fully saturated rings. The van der Waals surface area contributed by atoms with Crippen LogP contribution in [0.15, 0.2) is 0 Å². The fourth-order valence-corrected chi connectivity index (χ4v) is 2.21. The first-order valence-corrected chi connectivity index (χ1v) is 5.52. The molecule has 0 bridgehead atoms. The van der Waals surface area contributed by atoms with E-state index in [1.165, 1.54) is 0 Å². The van der Waals surface area contributed by atoms with Crippen LogP contribution in [0.2, 0.25) is 0 Å². The summed E-state index contributed by atoms with van der Waals surface area (Å²) < 4.78 is 5.33. The van der Waals surface area contributed by atoms with E-state index < -0.39 is 0 Å². The quantitative estimate of drug-likeness (QED) is 0.682. The Morgan fingerprint density at radius 1 is 1.29 bits per heavy atom. The van der Waals surface area contributed by atoms with E-state index >= 15 is 0 Å². The van der Waals surface area contributed by atoms with Crippen LogP contribution in [0.1, 0.15) is 46.5 Å². The summed E-state index contributed by atoms with van der Waals surface area (Å²) in [5.41, 5.74) is -0.194. The van der Waals surface area contributed by atoms with E-state index in [9.17, 15) is 4.79 Å². The molecule has 1 saturated carbocycles. The largest absolute Gasteiger partial charge is 0.381 e. The summed E-state index contributed by atoms with van der Waals surface area (Å²) in [4.78, 5) is 12.0. The lowest BCUT2D eigenvalue weighted by molar-refractivity contribution is -0.133. The highest BCUT2D eigenvalue weighted by Crippen LogP contribution is 2.32. The minimum Gasteiger partial charge on any atom is -0.381 e. The molecule has 82 valence electrons. The minimum absolute atomic E-state index is 0.194. The van der Waals surface area contributed by atoms with Crippen molar-refractivity contribution in [2.45, 2.75) is 52.6 Å². The molecule has 0 spiro atoms. The molecule has 0 aromatic heterocycles. The van der Waals surface area contributed by atoms with E-state index in [1.807, 2.05) is 20.8 Å². The van der Waals surface area contributed by atoms with Crippen molar-refractivity contribution >= 4 is 5.78 Å². The third-order valence-electron chi connectivity index (χ3n) is 3.07. The van der Waals surface area contributed by atoms with Gasteiger partial charge in [0.05, 0.1) is 6.10 Å². The van der Waals surface area contributed by atoms with Gasteiger partial charge in [-0.2, -0.15) is 0 Å². The van der Waals surface area contributed by atoms with Crippen LogP contribution in [-0.4, -0.2) is 19.0 Å². The second-order valence-electron chi connectivity index (χ2n) is 5.34. The fourth-order valence-electron chi connectivity index (χ4n) is 2.21. The van der Waals surface area contributed by atoms with Gasteiger partial charge in [0.15, 0.2) is 0 Å². The van der Waals surface area contributed by atoms with Crippen LogP contribution in [0.5, 0.6) is 0 Å². The average molecular weight is 198 g/mol. The lowest BCUT2D eigenvalue weighted by atomic mass is 9.75.